The van der Waals surface area contributed by atoms with E-state index in [1.165, 1.54) is 153 Å². The van der Waals surface area contributed by atoms with Crippen LogP contribution in [0.2, 0.25) is 0 Å². The molecule has 2 aliphatic heterocycles. The highest BCUT2D eigenvalue weighted by Gasteiger charge is 2.48. The van der Waals surface area contributed by atoms with Crippen molar-refractivity contribution in [1.29, 1.82) is 0 Å². The first-order valence-electron chi connectivity index (χ1n) is 27.8. The quantitative estimate of drug-likeness (QED) is 0.113. The molecule has 2 heteroatoms. The van der Waals surface area contributed by atoms with Gasteiger partial charge in [-0.2, -0.15) is 0 Å². The molecule has 7 aromatic rings. The smallest absolute Gasteiger partial charge is 0.0454 e. The van der Waals surface area contributed by atoms with Crippen LogP contribution in [0.4, 0.5) is 11.4 Å². The third-order valence-corrected chi connectivity index (χ3v) is 18.7. The van der Waals surface area contributed by atoms with Gasteiger partial charge in [0.2, 0.25) is 0 Å². The Morgan fingerprint density at radius 2 is 0.838 bits per heavy atom. The highest BCUT2D eigenvalue weighted by atomic mass is 15.2. The van der Waals surface area contributed by atoms with Gasteiger partial charge in [0.05, 0.1) is 0 Å². The number of fused-ring (bicyclic) bond motifs is 8. The lowest BCUT2D eigenvalue weighted by molar-refractivity contribution is 0.348. The van der Waals surface area contributed by atoms with E-state index >= 15 is 0 Å². The molecule has 4 aliphatic rings. The first-order valence-corrected chi connectivity index (χ1v) is 27.8. The first kappa shape index (κ1) is 49.3. The highest BCUT2D eigenvalue weighted by molar-refractivity contribution is 5.96. The molecule has 0 saturated heterocycles. The van der Waals surface area contributed by atoms with Crippen molar-refractivity contribution in [1.82, 2.24) is 0 Å². The summed E-state index contributed by atoms with van der Waals surface area (Å²) in [6.07, 6.45) is 28.2. The Hall–Kier alpha value is -6.90. The van der Waals surface area contributed by atoms with Crippen LogP contribution in [-0.2, 0) is 34.5 Å². The van der Waals surface area contributed by atoms with Gasteiger partial charge in [0.25, 0.3) is 0 Å². The first-order chi connectivity index (χ1) is 35.9. The summed E-state index contributed by atoms with van der Waals surface area (Å²) in [6, 6.07) is 54.6. The minimum Gasteiger partial charge on any atom is -0.347 e. The van der Waals surface area contributed by atoms with Crippen LogP contribution in [0.5, 0.6) is 0 Å². The van der Waals surface area contributed by atoms with E-state index < -0.39 is 0 Å². The molecule has 0 bridgehead atoms. The summed E-state index contributed by atoms with van der Waals surface area (Å²) in [6.45, 7) is 19.1. The molecule has 2 spiro atoms. The van der Waals surface area contributed by atoms with Crippen LogP contribution in [0.25, 0.3) is 21.5 Å². The molecule has 0 aromatic heterocycles. The average molecular weight is 969 g/mol. The minimum atomic E-state index is -0.327. The molecule has 2 nitrogen and oxygen atoms in total. The fourth-order valence-electron chi connectivity index (χ4n) is 14.7. The summed E-state index contributed by atoms with van der Waals surface area (Å²) in [5.41, 5.74) is 18.1. The number of likely N-dealkylation sites (N-methyl/N-ethyl adjacent to an activating group) is 2. The van der Waals surface area contributed by atoms with Gasteiger partial charge in [-0.05, 0) is 154 Å². The topological polar surface area (TPSA) is 6.48 Å². The molecule has 0 radical (unpaired) electrons. The number of anilines is 2. The van der Waals surface area contributed by atoms with Gasteiger partial charge in [0, 0.05) is 58.5 Å². The molecule has 0 amide bonds. The highest BCUT2D eigenvalue weighted by Crippen LogP contribution is 2.58. The van der Waals surface area contributed by atoms with Crippen LogP contribution >= 0.6 is 0 Å². The Bertz CT molecular complexity index is 3190. The molecule has 0 N–H and O–H groups in total. The van der Waals surface area contributed by atoms with Crippen molar-refractivity contribution in [2.45, 2.75) is 126 Å². The summed E-state index contributed by atoms with van der Waals surface area (Å²) in [7, 11) is 4.56. The normalized spacial score (nSPS) is 19.8. The van der Waals surface area contributed by atoms with Gasteiger partial charge in [-0.3, -0.25) is 0 Å². The van der Waals surface area contributed by atoms with Gasteiger partial charge in [-0.1, -0.05) is 223 Å². The maximum Gasteiger partial charge on any atom is 0.0454 e. The van der Waals surface area contributed by atoms with Crippen LogP contribution in [0.3, 0.4) is 0 Å². The SMILES string of the molecule is C=C(/C=C/C=C1/N(C)c2ccc3ccccc3c2C12CCCCC2)C(C)(Cc1ccc(CC(C)(C(=C)/C=C/C=C2/N(C)c3ccc4ccccc4c3C23CCCCC3)c2ccccc2C)cc1)c1ccccc1C. The number of allylic oxidation sites excluding steroid dienone is 10. The zero-order valence-electron chi connectivity index (χ0n) is 45.1. The minimum absolute atomic E-state index is 0.0269. The molecular weight excluding hydrogens is 893 g/mol. The second kappa shape index (κ2) is 19.7. The van der Waals surface area contributed by atoms with E-state index in [9.17, 15) is 0 Å². The van der Waals surface area contributed by atoms with Gasteiger partial charge in [0.15, 0.2) is 0 Å². The molecule has 2 aliphatic carbocycles. The Labute approximate surface area is 443 Å². The van der Waals surface area contributed by atoms with Crippen LogP contribution in [0.15, 0.2) is 218 Å². The van der Waals surface area contributed by atoms with Crippen LogP contribution in [-0.4, -0.2) is 14.1 Å². The zero-order chi connectivity index (χ0) is 51.2. The van der Waals surface area contributed by atoms with Gasteiger partial charge < -0.3 is 9.80 Å². The number of hydrogen-bond acceptors (Lipinski definition) is 2. The number of aryl methyl sites for hydroxylation is 2. The lowest BCUT2D eigenvalue weighted by Gasteiger charge is -2.37. The van der Waals surface area contributed by atoms with Crippen molar-refractivity contribution >= 4 is 32.9 Å². The Morgan fingerprint density at radius 3 is 1.23 bits per heavy atom. The van der Waals surface area contributed by atoms with E-state index in [1.807, 2.05) is 0 Å². The molecular formula is C72H76N2. The summed E-state index contributed by atoms with van der Waals surface area (Å²) in [5, 5.41) is 5.49. The predicted molar refractivity (Wildman–Crippen MR) is 318 cm³/mol. The molecule has 2 heterocycles. The van der Waals surface area contributed by atoms with E-state index in [0.29, 0.717) is 0 Å². The summed E-state index contributed by atoms with van der Waals surface area (Å²) in [4.78, 5) is 4.97. The third kappa shape index (κ3) is 8.34. The second-order valence-electron chi connectivity index (χ2n) is 23.1. The van der Waals surface area contributed by atoms with Crippen molar-refractivity contribution in [3.63, 3.8) is 0 Å². The average Bonchev–Trinajstić information content (AvgIpc) is 3.78. The predicted octanol–water partition coefficient (Wildman–Crippen LogP) is 18.3. The van der Waals surface area contributed by atoms with Crippen LogP contribution < -0.4 is 9.80 Å². The van der Waals surface area contributed by atoms with E-state index in [1.54, 1.807) is 0 Å². The lowest BCUT2D eigenvalue weighted by Crippen LogP contribution is -2.32. The number of rotatable bonds is 12. The summed E-state index contributed by atoms with van der Waals surface area (Å²) >= 11 is 0. The van der Waals surface area contributed by atoms with Crippen LogP contribution in [0.1, 0.15) is 123 Å². The molecule has 2 unspecified atom stereocenters. The zero-order valence-corrected chi connectivity index (χ0v) is 45.1. The fraction of sp³-hybridized carbons (Fsp3) is 0.306. The van der Waals surface area contributed by atoms with E-state index in [4.69, 9.17) is 13.2 Å². The van der Waals surface area contributed by atoms with Gasteiger partial charge in [-0.15, -0.1) is 0 Å². The third-order valence-electron chi connectivity index (χ3n) is 18.7. The van der Waals surface area contributed by atoms with Crippen molar-refractivity contribution in [2.75, 3.05) is 23.9 Å². The van der Waals surface area contributed by atoms with Crippen molar-refractivity contribution < 1.29 is 0 Å². The molecule has 2 saturated carbocycles. The van der Waals surface area contributed by atoms with Crippen LogP contribution in [0, 0.1) is 13.8 Å². The lowest BCUT2D eigenvalue weighted by atomic mass is 9.67. The molecule has 374 valence electrons. The molecule has 2 fully saturated rings. The molecule has 2 atom stereocenters. The standard InChI is InChI=1S/C72H76N2/c1-51-25-11-17-33-61(51)69(5,53(3)27-23-35-65-71(45-19-9-20-46-71)67-59-31-15-13-29-57(59)41-43-63(67)73(65)7)49-55-37-39-56(40-38-55)50-70(6,62-34-18-12-26-52(62)2)54(4)28-24-36-66-72(47-21-10-22-48-72)68-60-32-16-14-30-58(60)42-44-64(68)74(66)8/h11-18,23-44H,3-4,9-10,19-22,45-50H2,1-2,5-8H3/b27-23+,28-24+,65-35+,66-36+. The Morgan fingerprint density at radius 1 is 0.473 bits per heavy atom. The largest absolute Gasteiger partial charge is 0.347 e. The van der Waals surface area contributed by atoms with Crippen molar-refractivity contribution in [2.24, 2.45) is 0 Å². The monoisotopic (exact) mass is 969 g/mol. The van der Waals surface area contributed by atoms with Gasteiger partial charge >= 0.3 is 0 Å². The summed E-state index contributed by atoms with van der Waals surface area (Å²) in [5.74, 6) is 0. The summed E-state index contributed by atoms with van der Waals surface area (Å²) < 4.78 is 0. The number of nitrogens with zero attached hydrogens (tertiary/aromatic N) is 2. The second-order valence-corrected chi connectivity index (χ2v) is 23.1. The maximum absolute atomic E-state index is 4.88. The van der Waals surface area contributed by atoms with E-state index in [0.717, 1.165) is 24.0 Å². The number of hydrogen-bond donors (Lipinski definition) is 0. The molecule has 11 rings (SSSR count). The fourth-order valence-corrected chi connectivity index (χ4v) is 14.7. The maximum atomic E-state index is 4.88. The molecule has 74 heavy (non-hydrogen) atoms. The Kier molecular flexibility index (Phi) is 13.2. The number of benzene rings is 7. The van der Waals surface area contributed by atoms with E-state index in [2.05, 4.69) is 234 Å². The van der Waals surface area contributed by atoms with E-state index in [-0.39, 0.29) is 21.7 Å². The Balaban J connectivity index is 0.873. The van der Waals surface area contributed by atoms with Gasteiger partial charge in [0.1, 0.15) is 0 Å². The van der Waals surface area contributed by atoms with Crippen molar-refractivity contribution in [3.05, 3.63) is 262 Å². The van der Waals surface area contributed by atoms with Crippen molar-refractivity contribution in [3.8, 4) is 0 Å². The molecule has 7 aromatic carbocycles. The van der Waals surface area contributed by atoms with Gasteiger partial charge in [-0.25, -0.2) is 0 Å².